The molecule has 7 nitrogen and oxygen atoms in total. The third-order valence-electron chi connectivity index (χ3n) is 4.33. The summed E-state index contributed by atoms with van der Waals surface area (Å²) < 4.78 is 16.1. The van der Waals surface area contributed by atoms with E-state index in [1.165, 1.54) is 0 Å². The summed E-state index contributed by atoms with van der Waals surface area (Å²) in [7, 11) is 0. The molecule has 0 aliphatic heterocycles. The van der Waals surface area contributed by atoms with Crippen molar-refractivity contribution >= 4 is 27.7 Å². The average molecular weight is 397 g/mol. The van der Waals surface area contributed by atoms with Gasteiger partial charge in [0, 0.05) is 23.9 Å². The SMILES string of the molecule is NCCOCCOCCOCCNC(=O)c1cccc2cc3ccccc3nc12. The van der Waals surface area contributed by atoms with E-state index in [1.54, 1.807) is 6.07 Å². The Morgan fingerprint density at radius 3 is 2.34 bits per heavy atom. The number of benzene rings is 2. The molecule has 0 fully saturated rings. The first-order valence-electron chi connectivity index (χ1n) is 9.79. The maximum Gasteiger partial charge on any atom is 0.253 e. The molecule has 0 saturated carbocycles. The number of carbonyl (C=O) groups excluding carboxylic acids is 1. The molecule has 1 aromatic heterocycles. The quantitative estimate of drug-likeness (QED) is 0.359. The molecule has 0 aliphatic carbocycles. The summed E-state index contributed by atoms with van der Waals surface area (Å²) in [6.45, 7) is 3.89. The van der Waals surface area contributed by atoms with Gasteiger partial charge in [0.05, 0.1) is 56.2 Å². The monoisotopic (exact) mass is 397 g/mol. The van der Waals surface area contributed by atoms with Gasteiger partial charge >= 0.3 is 0 Å². The number of fused-ring (bicyclic) bond motifs is 2. The highest BCUT2D eigenvalue weighted by Crippen LogP contribution is 2.22. The van der Waals surface area contributed by atoms with Crippen LogP contribution in [0.25, 0.3) is 21.8 Å². The van der Waals surface area contributed by atoms with Gasteiger partial charge in [0.1, 0.15) is 0 Å². The van der Waals surface area contributed by atoms with Gasteiger partial charge in [-0.05, 0) is 18.2 Å². The van der Waals surface area contributed by atoms with Gasteiger partial charge in [-0.1, -0.05) is 30.3 Å². The summed E-state index contributed by atoms with van der Waals surface area (Å²) in [6, 6.07) is 15.6. The Morgan fingerprint density at radius 2 is 1.55 bits per heavy atom. The molecule has 0 aliphatic rings. The number of nitrogens with zero attached hydrogens (tertiary/aromatic N) is 1. The molecule has 1 amide bonds. The topological polar surface area (TPSA) is 95.7 Å². The first-order valence-corrected chi connectivity index (χ1v) is 9.79. The molecule has 29 heavy (non-hydrogen) atoms. The number of nitrogens with one attached hydrogen (secondary N) is 1. The maximum absolute atomic E-state index is 12.6. The molecule has 0 spiro atoms. The van der Waals surface area contributed by atoms with Crippen LogP contribution in [-0.4, -0.2) is 63.6 Å². The molecular formula is C22H27N3O4. The van der Waals surface area contributed by atoms with Crippen LogP contribution in [-0.2, 0) is 14.2 Å². The van der Waals surface area contributed by atoms with E-state index < -0.39 is 0 Å². The second-order valence-corrected chi connectivity index (χ2v) is 6.44. The van der Waals surface area contributed by atoms with E-state index in [0.29, 0.717) is 63.8 Å². The number of rotatable bonds is 12. The number of hydrogen-bond donors (Lipinski definition) is 2. The molecule has 0 radical (unpaired) electrons. The highest BCUT2D eigenvalue weighted by atomic mass is 16.5. The van der Waals surface area contributed by atoms with Crippen LogP contribution in [0.5, 0.6) is 0 Å². The summed E-state index contributed by atoms with van der Waals surface area (Å²) in [5, 5.41) is 4.89. The van der Waals surface area contributed by atoms with Crippen molar-refractivity contribution in [3.05, 3.63) is 54.1 Å². The van der Waals surface area contributed by atoms with Crippen molar-refractivity contribution in [2.75, 3.05) is 52.7 Å². The maximum atomic E-state index is 12.6. The standard InChI is InChI=1S/C22H27N3O4/c23-8-10-27-12-14-29-15-13-28-11-9-24-22(26)19-6-3-5-18-16-17-4-1-2-7-20(17)25-21(18)19/h1-7,16H,8-15,23H2,(H,24,26). The van der Waals surface area contributed by atoms with Gasteiger partial charge in [0.15, 0.2) is 0 Å². The van der Waals surface area contributed by atoms with Crippen molar-refractivity contribution in [2.24, 2.45) is 5.73 Å². The lowest BCUT2D eigenvalue weighted by Crippen LogP contribution is -2.28. The molecule has 3 aromatic rings. The zero-order valence-corrected chi connectivity index (χ0v) is 16.4. The Bertz CT molecular complexity index is 932. The van der Waals surface area contributed by atoms with E-state index in [9.17, 15) is 4.79 Å². The Labute approximate surface area is 170 Å². The zero-order valence-electron chi connectivity index (χ0n) is 16.4. The number of ether oxygens (including phenoxy) is 3. The number of amides is 1. The minimum Gasteiger partial charge on any atom is -0.378 e. The summed E-state index contributed by atoms with van der Waals surface area (Å²) in [5.74, 6) is -0.157. The smallest absolute Gasteiger partial charge is 0.253 e. The fraction of sp³-hybridized carbons (Fsp3) is 0.364. The Morgan fingerprint density at radius 1 is 0.862 bits per heavy atom. The van der Waals surface area contributed by atoms with Gasteiger partial charge < -0.3 is 25.3 Å². The number of nitrogens with two attached hydrogens (primary N) is 1. The molecule has 2 aromatic carbocycles. The molecule has 0 unspecified atom stereocenters. The first kappa shape index (κ1) is 21.1. The highest BCUT2D eigenvalue weighted by Gasteiger charge is 2.11. The van der Waals surface area contributed by atoms with Crippen LogP contribution in [0.1, 0.15) is 10.4 Å². The van der Waals surface area contributed by atoms with Crippen molar-refractivity contribution in [1.82, 2.24) is 10.3 Å². The lowest BCUT2D eigenvalue weighted by molar-refractivity contribution is 0.0166. The van der Waals surface area contributed by atoms with Gasteiger partial charge in [0.2, 0.25) is 0 Å². The van der Waals surface area contributed by atoms with Crippen molar-refractivity contribution in [3.63, 3.8) is 0 Å². The second-order valence-electron chi connectivity index (χ2n) is 6.44. The van der Waals surface area contributed by atoms with E-state index in [0.717, 1.165) is 16.3 Å². The summed E-state index contributed by atoms with van der Waals surface area (Å²) in [5.41, 5.74) is 7.47. The molecule has 154 valence electrons. The third-order valence-corrected chi connectivity index (χ3v) is 4.33. The van der Waals surface area contributed by atoms with Gasteiger partial charge in [-0.15, -0.1) is 0 Å². The van der Waals surface area contributed by atoms with Crippen molar-refractivity contribution in [1.29, 1.82) is 0 Å². The minimum atomic E-state index is -0.157. The first-order chi connectivity index (χ1) is 14.3. The van der Waals surface area contributed by atoms with Gasteiger partial charge in [-0.3, -0.25) is 4.79 Å². The third kappa shape index (κ3) is 6.20. The van der Waals surface area contributed by atoms with E-state index in [1.807, 2.05) is 36.4 Å². The largest absolute Gasteiger partial charge is 0.378 e. The Balaban J connectivity index is 1.43. The van der Waals surface area contributed by atoms with E-state index >= 15 is 0 Å². The van der Waals surface area contributed by atoms with Crippen LogP contribution in [0.3, 0.4) is 0 Å². The molecule has 3 rings (SSSR count). The van der Waals surface area contributed by atoms with Crippen molar-refractivity contribution < 1.29 is 19.0 Å². The number of pyridine rings is 1. The highest BCUT2D eigenvalue weighted by molar-refractivity contribution is 6.07. The number of para-hydroxylation sites is 2. The molecule has 0 bridgehead atoms. The lowest BCUT2D eigenvalue weighted by Gasteiger charge is -2.09. The minimum absolute atomic E-state index is 0.157. The summed E-state index contributed by atoms with van der Waals surface area (Å²) in [6.07, 6.45) is 0. The van der Waals surface area contributed by atoms with E-state index in [-0.39, 0.29) is 5.91 Å². The van der Waals surface area contributed by atoms with Crippen LogP contribution in [0.4, 0.5) is 0 Å². The number of aromatic nitrogens is 1. The number of hydrogen-bond acceptors (Lipinski definition) is 6. The summed E-state index contributed by atoms with van der Waals surface area (Å²) in [4.78, 5) is 17.3. The fourth-order valence-corrected chi connectivity index (χ4v) is 2.94. The van der Waals surface area contributed by atoms with Crippen LogP contribution >= 0.6 is 0 Å². The molecule has 1 heterocycles. The molecular weight excluding hydrogens is 370 g/mol. The molecule has 3 N–H and O–H groups in total. The average Bonchev–Trinajstić information content (AvgIpc) is 2.75. The molecule has 0 atom stereocenters. The predicted molar refractivity (Wildman–Crippen MR) is 113 cm³/mol. The molecule has 7 heteroatoms. The number of carbonyl (C=O) groups is 1. The predicted octanol–water partition coefficient (Wildman–Crippen LogP) is 2.13. The van der Waals surface area contributed by atoms with Gasteiger partial charge in [0.25, 0.3) is 5.91 Å². The van der Waals surface area contributed by atoms with Gasteiger partial charge in [-0.25, -0.2) is 4.98 Å². The van der Waals surface area contributed by atoms with Crippen LogP contribution in [0, 0.1) is 0 Å². The Kier molecular flexibility index (Phi) is 8.33. The van der Waals surface area contributed by atoms with Crippen LogP contribution in [0.15, 0.2) is 48.5 Å². The molecule has 0 saturated heterocycles. The second kappa shape index (κ2) is 11.4. The van der Waals surface area contributed by atoms with Gasteiger partial charge in [-0.2, -0.15) is 0 Å². The van der Waals surface area contributed by atoms with Crippen molar-refractivity contribution in [3.8, 4) is 0 Å². The zero-order chi connectivity index (χ0) is 20.3. The van der Waals surface area contributed by atoms with Crippen LogP contribution in [0.2, 0.25) is 0 Å². The summed E-state index contributed by atoms with van der Waals surface area (Å²) >= 11 is 0. The van der Waals surface area contributed by atoms with E-state index in [4.69, 9.17) is 19.9 Å². The Hall–Kier alpha value is -2.58. The fourth-order valence-electron chi connectivity index (χ4n) is 2.94. The van der Waals surface area contributed by atoms with E-state index in [2.05, 4.69) is 16.4 Å². The van der Waals surface area contributed by atoms with Crippen LogP contribution < -0.4 is 11.1 Å². The lowest BCUT2D eigenvalue weighted by atomic mass is 10.1. The van der Waals surface area contributed by atoms with Crippen molar-refractivity contribution in [2.45, 2.75) is 0 Å². The normalized spacial score (nSPS) is 11.2.